The molecule has 0 atom stereocenters. The van der Waals surface area contributed by atoms with E-state index in [1.807, 2.05) is 6.92 Å². The van der Waals surface area contributed by atoms with Crippen LogP contribution in [-0.2, 0) is 22.4 Å². The normalized spacial score (nSPS) is 9.86. The van der Waals surface area contributed by atoms with E-state index in [1.54, 1.807) is 6.20 Å². The van der Waals surface area contributed by atoms with Crippen molar-refractivity contribution in [1.82, 2.24) is 10.2 Å². The summed E-state index contributed by atoms with van der Waals surface area (Å²) in [6.07, 6.45) is 2.22. The monoisotopic (exact) mass is 196 g/mol. The first-order valence-electron chi connectivity index (χ1n) is 4.31. The summed E-state index contributed by atoms with van der Waals surface area (Å²) in [7, 11) is 1.29. The van der Waals surface area contributed by atoms with E-state index >= 15 is 0 Å². The molecule has 0 aliphatic heterocycles. The number of methoxy groups -OCH3 is 1. The average molecular weight is 196 g/mol. The molecule has 0 spiro atoms. The van der Waals surface area contributed by atoms with Gasteiger partial charge in [0, 0.05) is 5.56 Å². The topological polar surface area (TPSA) is 72.0 Å². The van der Waals surface area contributed by atoms with Gasteiger partial charge in [-0.1, -0.05) is 6.92 Å². The predicted molar refractivity (Wildman–Crippen MR) is 50.0 cm³/mol. The van der Waals surface area contributed by atoms with Crippen LogP contribution in [0.3, 0.4) is 0 Å². The maximum Gasteiger partial charge on any atom is 0.310 e. The molecule has 1 aromatic rings. The first-order valence-corrected chi connectivity index (χ1v) is 4.31. The molecule has 1 rings (SSSR count). The minimum atomic E-state index is -0.420. The van der Waals surface area contributed by atoms with E-state index in [-0.39, 0.29) is 12.0 Å². The summed E-state index contributed by atoms with van der Waals surface area (Å²) < 4.78 is 4.50. The Bertz CT molecular complexity index is 384. The Morgan fingerprint density at radius 2 is 2.36 bits per heavy atom. The number of aromatic amines is 1. The molecule has 76 valence electrons. The quantitative estimate of drug-likeness (QED) is 0.693. The van der Waals surface area contributed by atoms with Crippen molar-refractivity contribution < 1.29 is 9.53 Å². The van der Waals surface area contributed by atoms with E-state index in [2.05, 4.69) is 14.9 Å². The van der Waals surface area contributed by atoms with Crippen molar-refractivity contribution in [3.63, 3.8) is 0 Å². The molecule has 0 unspecified atom stereocenters. The average Bonchev–Trinajstić information content (AvgIpc) is 2.20. The van der Waals surface area contributed by atoms with Gasteiger partial charge in [0.15, 0.2) is 0 Å². The highest BCUT2D eigenvalue weighted by Crippen LogP contribution is 2.03. The Morgan fingerprint density at radius 1 is 1.64 bits per heavy atom. The molecule has 0 fully saturated rings. The molecule has 0 saturated carbocycles. The van der Waals surface area contributed by atoms with Crippen LogP contribution in [0.15, 0.2) is 11.0 Å². The molecule has 1 heterocycles. The van der Waals surface area contributed by atoms with Gasteiger partial charge < -0.3 is 4.74 Å². The van der Waals surface area contributed by atoms with Crippen molar-refractivity contribution in [3.8, 4) is 0 Å². The van der Waals surface area contributed by atoms with Gasteiger partial charge in [0.1, 0.15) is 0 Å². The van der Waals surface area contributed by atoms with Crippen molar-refractivity contribution in [2.24, 2.45) is 0 Å². The summed E-state index contributed by atoms with van der Waals surface area (Å²) >= 11 is 0. The summed E-state index contributed by atoms with van der Waals surface area (Å²) in [5.74, 6) is -0.420. The number of nitrogens with zero attached hydrogens (tertiary/aromatic N) is 1. The van der Waals surface area contributed by atoms with Gasteiger partial charge in [-0.05, 0) is 12.0 Å². The first-order chi connectivity index (χ1) is 6.69. The SMILES string of the molecule is CCc1cn[nH]c(=O)c1CC(=O)OC. The van der Waals surface area contributed by atoms with Gasteiger partial charge in [0.05, 0.1) is 19.7 Å². The summed E-state index contributed by atoms with van der Waals surface area (Å²) in [4.78, 5) is 22.3. The molecule has 0 amide bonds. The van der Waals surface area contributed by atoms with Gasteiger partial charge in [-0.15, -0.1) is 0 Å². The molecule has 0 saturated heterocycles. The Labute approximate surface area is 81.1 Å². The molecule has 14 heavy (non-hydrogen) atoms. The van der Waals surface area contributed by atoms with Crippen LogP contribution < -0.4 is 5.56 Å². The summed E-state index contributed by atoms with van der Waals surface area (Å²) in [5.41, 5.74) is 0.892. The Kier molecular flexibility index (Phi) is 3.39. The number of aromatic nitrogens is 2. The van der Waals surface area contributed by atoms with E-state index < -0.39 is 5.97 Å². The third-order valence-electron chi connectivity index (χ3n) is 1.98. The minimum absolute atomic E-state index is 0.00245. The largest absolute Gasteiger partial charge is 0.469 e. The van der Waals surface area contributed by atoms with E-state index in [4.69, 9.17) is 0 Å². The standard InChI is InChI=1S/C9H12N2O3/c1-3-6-5-10-11-9(13)7(6)4-8(12)14-2/h5H,3-4H2,1-2H3,(H,11,13). The fraction of sp³-hybridized carbons (Fsp3) is 0.444. The third-order valence-corrected chi connectivity index (χ3v) is 1.98. The van der Waals surface area contributed by atoms with Gasteiger partial charge >= 0.3 is 5.97 Å². The number of carbonyl (C=O) groups is 1. The molecular formula is C9H12N2O3. The molecule has 5 nitrogen and oxygen atoms in total. The number of carbonyl (C=O) groups excluding carboxylic acids is 1. The number of esters is 1. The van der Waals surface area contributed by atoms with Crippen molar-refractivity contribution in [2.75, 3.05) is 7.11 Å². The van der Waals surface area contributed by atoms with Gasteiger partial charge in [-0.25, -0.2) is 5.10 Å². The Morgan fingerprint density at radius 3 is 2.93 bits per heavy atom. The highest BCUT2D eigenvalue weighted by atomic mass is 16.5. The smallest absolute Gasteiger partial charge is 0.310 e. The molecular weight excluding hydrogens is 184 g/mol. The maximum absolute atomic E-state index is 11.3. The third kappa shape index (κ3) is 2.18. The molecule has 1 aromatic heterocycles. The number of hydrogen-bond donors (Lipinski definition) is 1. The molecule has 1 N–H and O–H groups in total. The number of hydrogen-bond acceptors (Lipinski definition) is 4. The molecule has 5 heteroatoms. The molecule has 0 aromatic carbocycles. The number of rotatable bonds is 3. The van der Waals surface area contributed by atoms with Gasteiger partial charge in [0.25, 0.3) is 5.56 Å². The summed E-state index contributed by atoms with van der Waals surface area (Å²) in [6.45, 7) is 1.90. The second-order valence-electron chi connectivity index (χ2n) is 2.81. The zero-order valence-corrected chi connectivity index (χ0v) is 8.16. The van der Waals surface area contributed by atoms with Crippen LogP contribution >= 0.6 is 0 Å². The van der Waals surface area contributed by atoms with E-state index in [1.165, 1.54) is 7.11 Å². The lowest BCUT2D eigenvalue weighted by molar-refractivity contribution is -0.139. The van der Waals surface area contributed by atoms with Crippen molar-refractivity contribution in [3.05, 3.63) is 27.7 Å². The zero-order chi connectivity index (χ0) is 10.6. The van der Waals surface area contributed by atoms with Crippen molar-refractivity contribution >= 4 is 5.97 Å². The second kappa shape index (κ2) is 4.55. The fourth-order valence-electron chi connectivity index (χ4n) is 1.18. The lowest BCUT2D eigenvalue weighted by Crippen LogP contribution is -2.20. The van der Waals surface area contributed by atoms with Crippen LogP contribution in [0, 0.1) is 0 Å². The van der Waals surface area contributed by atoms with Crippen molar-refractivity contribution in [1.29, 1.82) is 0 Å². The van der Waals surface area contributed by atoms with Gasteiger partial charge in [-0.3, -0.25) is 9.59 Å². The molecule has 0 aliphatic rings. The van der Waals surface area contributed by atoms with E-state index in [0.29, 0.717) is 12.0 Å². The van der Waals surface area contributed by atoms with Crippen LogP contribution in [0.4, 0.5) is 0 Å². The predicted octanol–water partition coefficient (Wildman–Crippen LogP) is 0.0478. The lowest BCUT2D eigenvalue weighted by atomic mass is 10.1. The van der Waals surface area contributed by atoms with Gasteiger partial charge in [0.2, 0.25) is 0 Å². The van der Waals surface area contributed by atoms with E-state index in [0.717, 1.165) is 5.56 Å². The van der Waals surface area contributed by atoms with Crippen LogP contribution in [0.2, 0.25) is 0 Å². The van der Waals surface area contributed by atoms with Crippen LogP contribution in [-0.4, -0.2) is 23.3 Å². The number of H-pyrrole nitrogens is 1. The minimum Gasteiger partial charge on any atom is -0.469 e. The number of aryl methyl sites for hydroxylation is 1. The number of ether oxygens (including phenoxy) is 1. The fourth-order valence-corrected chi connectivity index (χ4v) is 1.18. The molecule has 0 aliphatic carbocycles. The summed E-state index contributed by atoms with van der Waals surface area (Å²) in [6, 6.07) is 0. The number of nitrogens with one attached hydrogen (secondary N) is 1. The molecule has 0 radical (unpaired) electrons. The van der Waals surface area contributed by atoms with E-state index in [9.17, 15) is 9.59 Å². The Balaban J connectivity index is 3.05. The van der Waals surface area contributed by atoms with Crippen LogP contribution in [0.5, 0.6) is 0 Å². The lowest BCUT2D eigenvalue weighted by Gasteiger charge is -2.03. The first kappa shape index (κ1) is 10.4. The van der Waals surface area contributed by atoms with Crippen LogP contribution in [0.25, 0.3) is 0 Å². The maximum atomic E-state index is 11.3. The molecule has 0 bridgehead atoms. The second-order valence-corrected chi connectivity index (χ2v) is 2.81. The highest BCUT2D eigenvalue weighted by Gasteiger charge is 2.11. The Hall–Kier alpha value is -1.65. The zero-order valence-electron chi connectivity index (χ0n) is 8.16. The summed E-state index contributed by atoms with van der Waals surface area (Å²) in [5, 5.41) is 5.95. The van der Waals surface area contributed by atoms with Gasteiger partial charge in [-0.2, -0.15) is 5.10 Å². The van der Waals surface area contributed by atoms with Crippen LogP contribution in [0.1, 0.15) is 18.1 Å². The van der Waals surface area contributed by atoms with Crippen molar-refractivity contribution in [2.45, 2.75) is 19.8 Å². The highest BCUT2D eigenvalue weighted by molar-refractivity contribution is 5.72.